The molecule has 20 heavy (non-hydrogen) atoms. The smallest absolute Gasteiger partial charge is 0.328 e. The minimum Gasteiger partial charge on any atom is -0.388 e. The van der Waals surface area contributed by atoms with E-state index >= 15 is 0 Å². The Labute approximate surface area is 118 Å². The van der Waals surface area contributed by atoms with Gasteiger partial charge in [-0.25, -0.2) is 4.79 Å². The van der Waals surface area contributed by atoms with Crippen LogP contribution in [-0.4, -0.2) is 44.3 Å². The van der Waals surface area contributed by atoms with Crippen molar-refractivity contribution in [2.24, 2.45) is 0 Å². The maximum absolute atomic E-state index is 12.0. The predicted octanol–water partition coefficient (Wildman–Crippen LogP) is 0.251. The van der Waals surface area contributed by atoms with Gasteiger partial charge in [0.05, 0.1) is 11.6 Å². The molecule has 2 rings (SSSR count). The fraction of sp³-hybridized carbons (Fsp3) is 0.714. The molecule has 1 aliphatic rings. The van der Waals surface area contributed by atoms with Crippen molar-refractivity contribution in [3.63, 3.8) is 0 Å². The average Bonchev–Trinajstić information content (AvgIpc) is 2.33. The van der Waals surface area contributed by atoms with Crippen LogP contribution in [0.5, 0.6) is 0 Å². The van der Waals surface area contributed by atoms with E-state index < -0.39 is 11.3 Å². The van der Waals surface area contributed by atoms with E-state index in [0.29, 0.717) is 24.6 Å². The van der Waals surface area contributed by atoms with Crippen molar-refractivity contribution in [2.45, 2.75) is 51.8 Å². The van der Waals surface area contributed by atoms with E-state index in [2.05, 4.69) is 23.7 Å². The molecule has 2 N–H and O–H groups in total. The van der Waals surface area contributed by atoms with E-state index in [1.54, 1.807) is 20.0 Å². The van der Waals surface area contributed by atoms with Crippen molar-refractivity contribution in [3.8, 4) is 0 Å². The van der Waals surface area contributed by atoms with Crippen LogP contribution in [0, 0.1) is 6.92 Å². The number of aromatic nitrogens is 2. The number of hydrogen-bond donors (Lipinski definition) is 2. The van der Waals surface area contributed by atoms with Gasteiger partial charge in [-0.1, -0.05) is 0 Å². The summed E-state index contributed by atoms with van der Waals surface area (Å²) < 4.78 is 1.46. The van der Waals surface area contributed by atoms with Crippen molar-refractivity contribution in [1.29, 1.82) is 0 Å². The summed E-state index contributed by atoms with van der Waals surface area (Å²) in [4.78, 5) is 28.0. The van der Waals surface area contributed by atoms with Gasteiger partial charge in [-0.2, -0.15) is 0 Å². The zero-order chi connectivity index (χ0) is 15.1. The summed E-state index contributed by atoms with van der Waals surface area (Å²) in [7, 11) is 0. The minimum atomic E-state index is -0.958. The lowest BCUT2D eigenvalue weighted by Crippen LogP contribution is -2.55. The lowest BCUT2D eigenvalue weighted by Gasteiger charge is -2.44. The van der Waals surface area contributed by atoms with E-state index in [9.17, 15) is 14.7 Å². The van der Waals surface area contributed by atoms with Crippen molar-refractivity contribution in [2.75, 3.05) is 13.1 Å². The van der Waals surface area contributed by atoms with Gasteiger partial charge < -0.3 is 5.11 Å². The number of nitrogens with zero attached hydrogens (tertiary/aromatic N) is 2. The third-order valence-electron chi connectivity index (χ3n) is 4.24. The van der Waals surface area contributed by atoms with Crippen molar-refractivity contribution in [3.05, 3.63) is 32.6 Å². The predicted molar refractivity (Wildman–Crippen MR) is 77.0 cm³/mol. The van der Waals surface area contributed by atoms with Gasteiger partial charge in [0.1, 0.15) is 0 Å². The summed E-state index contributed by atoms with van der Waals surface area (Å²) in [5.74, 6) is 0. The summed E-state index contributed by atoms with van der Waals surface area (Å²) in [5, 5.41) is 10.6. The standard InChI is InChI=1S/C14H23N3O3/c1-9(2)16-6-5-14(4,20)11(8-16)17-7-10(3)12(18)15-13(17)19/h7,9,11,20H,5-6,8H2,1-4H3,(H,15,18,19)/t11-,14-/m1/s1. The lowest BCUT2D eigenvalue weighted by molar-refractivity contribution is -0.0587. The number of aromatic amines is 1. The normalized spacial score (nSPS) is 28.0. The molecule has 1 aliphatic heterocycles. The highest BCUT2D eigenvalue weighted by molar-refractivity contribution is 5.05. The third kappa shape index (κ3) is 2.71. The minimum absolute atomic E-state index is 0.355. The number of aryl methyl sites for hydroxylation is 1. The molecule has 2 atom stereocenters. The summed E-state index contributed by atoms with van der Waals surface area (Å²) >= 11 is 0. The second-order valence-electron chi connectivity index (χ2n) is 6.19. The van der Waals surface area contributed by atoms with Crippen LogP contribution in [0.25, 0.3) is 0 Å². The molecular weight excluding hydrogens is 258 g/mol. The molecule has 1 fully saturated rings. The summed E-state index contributed by atoms with van der Waals surface area (Å²) in [6.07, 6.45) is 2.14. The van der Waals surface area contributed by atoms with Gasteiger partial charge in [0.15, 0.2) is 0 Å². The lowest BCUT2D eigenvalue weighted by atomic mass is 9.87. The molecule has 0 radical (unpaired) electrons. The van der Waals surface area contributed by atoms with Gasteiger partial charge in [-0.15, -0.1) is 0 Å². The Kier molecular flexibility index (Phi) is 3.88. The number of rotatable bonds is 2. The third-order valence-corrected chi connectivity index (χ3v) is 4.24. The number of likely N-dealkylation sites (tertiary alicyclic amines) is 1. The fourth-order valence-electron chi connectivity index (χ4n) is 2.72. The summed E-state index contributed by atoms with van der Waals surface area (Å²) in [6, 6.07) is -0.00476. The van der Waals surface area contributed by atoms with Crippen molar-refractivity contribution < 1.29 is 5.11 Å². The van der Waals surface area contributed by atoms with Crippen LogP contribution >= 0.6 is 0 Å². The first-order chi connectivity index (χ1) is 9.22. The molecule has 1 saturated heterocycles. The second kappa shape index (κ2) is 5.18. The average molecular weight is 281 g/mol. The maximum atomic E-state index is 12.0. The molecule has 1 aromatic heterocycles. The number of piperidine rings is 1. The largest absolute Gasteiger partial charge is 0.388 e. The van der Waals surface area contributed by atoms with Gasteiger partial charge in [0.25, 0.3) is 5.56 Å². The van der Waals surface area contributed by atoms with Gasteiger partial charge in [0, 0.05) is 30.9 Å². The fourth-order valence-corrected chi connectivity index (χ4v) is 2.72. The van der Waals surface area contributed by atoms with Gasteiger partial charge in [0.2, 0.25) is 0 Å². The summed E-state index contributed by atoms with van der Waals surface area (Å²) in [6.45, 7) is 9.00. The molecule has 0 spiro atoms. The molecule has 112 valence electrons. The SMILES string of the molecule is Cc1cn([C@@H]2CN(C(C)C)CC[C@@]2(C)O)c(=O)[nH]c1=O. The van der Waals surface area contributed by atoms with Gasteiger partial charge in [-0.3, -0.25) is 19.2 Å². The van der Waals surface area contributed by atoms with Crippen LogP contribution in [0.2, 0.25) is 0 Å². The Morgan fingerprint density at radius 1 is 1.45 bits per heavy atom. The molecule has 0 aromatic carbocycles. The van der Waals surface area contributed by atoms with E-state index in [1.165, 1.54) is 4.57 Å². The molecule has 0 bridgehead atoms. The van der Waals surface area contributed by atoms with E-state index in [-0.39, 0.29) is 11.6 Å². The zero-order valence-corrected chi connectivity index (χ0v) is 12.5. The van der Waals surface area contributed by atoms with Crippen LogP contribution in [-0.2, 0) is 0 Å². The quantitative estimate of drug-likeness (QED) is 0.814. The monoisotopic (exact) mass is 281 g/mol. The second-order valence-corrected chi connectivity index (χ2v) is 6.19. The van der Waals surface area contributed by atoms with Crippen LogP contribution < -0.4 is 11.2 Å². The van der Waals surface area contributed by atoms with E-state index in [1.807, 2.05) is 0 Å². The van der Waals surface area contributed by atoms with Crippen LogP contribution in [0.3, 0.4) is 0 Å². The topological polar surface area (TPSA) is 78.3 Å². The summed E-state index contributed by atoms with van der Waals surface area (Å²) in [5.41, 5.74) is -1.32. The molecule has 6 heteroatoms. The number of nitrogens with one attached hydrogen (secondary N) is 1. The van der Waals surface area contributed by atoms with E-state index in [4.69, 9.17) is 0 Å². The molecule has 0 unspecified atom stereocenters. The van der Waals surface area contributed by atoms with E-state index in [0.717, 1.165) is 6.54 Å². The molecule has 0 aliphatic carbocycles. The molecule has 2 heterocycles. The highest BCUT2D eigenvalue weighted by Gasteiger charge is 2.40. The zero-order valence-electron chi connectivity index (χ0n) is 12.5. The van der Waals surface area contributed by atoms with Crippen LogP contribution in [0.4, 0.5) is 0 Å². The molecule has 1 aromatic rings. The van der Waals surface area contributed by atoms with Gasteiger partial charge in [-0.05, 0) is 34.1 Å². The van der Waals surface area contributed by atoms with Crippen molar-refractivity contribution in [1.82, 2.24) is 14.5 Å². The molecule has 6 nitrogen and oxygen atoms in total. The van der Waals surface area contributed by atoms with Crippen LogP contribution in [0.15, 0.2) is 15.8 Å². The first-order valence-corrected chi connectivity index (χ1v) is 7.01. The Bertz CT molecular complexity index is 600. The Morgan fingerprint density at radius 3 is 2.70 bits per heavy atom. The van der Waals surface area contributed by atoms with Gasteiger partial charge >= 0.3 is 5.69 Å². The number of aliphatic hydroxyl groups is 1. The molecular formula is C14H23N3O3. The molecule has 0 saturated carbocycles. The Morgan fingerprint density at radius 2 is 2.10 bits per heavy atom. The number of hydrogen-bond acceptors (Lipinski definition) is 4. The van der Waals surface area contributed by atoms with Crippen LogP contribution in [0.1, 0.15) is 38.8 Å². The highest BCUT2D eigenvalue weighted by Crippen LogP contribution is 2.31. The molecule has 0 amide bonds. The Hall–Kier alpha value is -1.40. The van der Waals surface area contributed by atoms with Crippen molar-refractivity contribution >= 4 is 0 Å². The highest BCUT2D eigenvalue weighted by atomic mass is 16.3. The first kappa shape index (κ1) is 15.0. The maximum Gasteiger partial charge on any atom is 0.328 e. The first-order valence-electron chi connectivity index (χ1n) is 7.01. The number of H-pyrrole nitrogens is 1. The Balaban J connectivity index is 2.45.